The Labute approximate surface area is 280 Å². The molecule has 45 heavy (non-hydrogen) atoms. The molecule has 4 aromatic heterocycles. The molecule has 0 spiro atoms. The highest BCUT2D eigenvalue weighted by atomic mass is 15.3. The first kappa shape index (κ1) is 64.5. The van der Waals surface area contributed by atoms with Gasteiger partial charge in [0.2, 0.25) is 0 Å². The Balaban J connectivity index is -0.0000000456. The standard InChI is InChI=1S/4C4H10.4C2H3N3.4C2H6.CH4/c4*1-4(2)3;2*1-3-2-5-4-1;2*1-2-4-5-3-1;4*1-2;/h4*4H,1-3H3;4*1-2H,(H,3,4,5);4*1-2H3;1H4. The van der Waals surface area contributed by atoms with E-state index in [1.165, 1.54) is 25.3 Å². The van der Waals surface area contributed by atoms with Crippen LogP contribution in [0.5, 0.6) is 0 Å². The summed E-state index contributed by atoms with van der Waals surface area (Å²) in [5, 5.41) is 30.6. The van der Waals surface area contributed by atoms with E-state index < -0.39 is 0 Å². The van der Waals surface area contributed by atoms with Crippen molar-refractivity contribution in [3.05, 3.63) is 50.1 Å². The lowest BCUT2D eigenvalue weighted by Crippen LogP contribution is -1.66. The van der Waals surface area contributed by atoms with Crippen molar-refractivity contribution in [2.24, 2.45) is 23.7 Å². The first-order valence-electron chi connectivity index (χ1n) is 16.1. The predicted molar refractivity (Wildman–Crippen MR) is 200 cm³/mol. The average Bonchev–Trinajstić information content (AvgIpc) is 3.83. The molecule has 0 saturated carbocycles. The number of aromatic nitrogens is 12. The zero-order chi connectivity index (χ0) is 36.5. The summed E-state index contributed by atoms with van der Waals surface area (Å²) < 4.78 is 0. The third-order valence-corrected chi connectivity index (χ3v) is 1.32. The summed E-state index contributed by atoms with van der Waals surface area (Å²) in [7, 11) is 0. The minimum absolute atomic E-state index is 0. The molecule has 0 aromatic carbocycles. The monoisotopic (exact) mass is 645 g/mol. The van der Waals surface area contributed by atoms with E-state index in [1.807, 2.05) is 55.4 Å². The fraction of sp³-hybridized carbons (Fsp3) is 0.758. The SMILES string of the molecule is C.CC.CC.CC.CC.CC(C)C.CC(C)C.CC(C)C.CC(C)C.c1cn[nH]n1.c1cn[nH]n1.c1nc[nH]n1.c1nc[nH]n1. The highest BCUT2D eigenvalue weighted by molar-refractivity contribution is 4.55. The van der Waals surface area contributed by atoms with E-state index in [2.05, 4.69) is 144 Å². The Bertz CT molecular complexity index is 501. The maximum Gasteiger partial charge on any atom is 0.137 e. The Morgan fingerprint density at radius 3 is 0.578 bits per heavy atom. The number of nitrogens with zero attached hydrogens (tertiary/aromatic N) is 8. The number of rotatable bonds is 0. The first-order valence-corrected chi connectivity index (χ1v) is 16.1. The van der Waals surface area contributed by atoms with E-state index in [9.17, 15) is 0 Å². The van der Waals surface area contributed by atoms with Crippen LogP contribution in [0.4, 0.5) is 0 Å². The van der Waals surface area contributed by atoms with Crippen LogP contribution in [0.2, 0.25) is 0 Å². The van der Waals surface area contributed by atoms with Gasteiger partial charge in [0.15, 0.2) is 0 Å². The smallest absolute Gasteiger partial charge is 0.137 e. The van der Waals surface area contributed by atoms with Gasteiger partial charge in [-0.1, -0.05) is 146 Å². The van der Waals surface area contributed by atoms with Crippen LogP contribution in [0, 0.1) is 23.7 Å². The van der Waals surface area contributed by atoms with Gasteiger partial charge >= 0.3 is 0 Å². The normalized spacial score (nSPS) is 7.29. The minimum atomic E-state index is 0. The van der Waals surface area contributed by atoms with Crippen LogP contribution in [0.1, 0.15) is 146 Å². The average molecular weight is 645 g/mol. The van der Waals surface area contributed by atoms with Crippen LogP contribution in [-0.4, -0.2) is 61.2 Å². The predicted octanol–water partition coefficient (Wildman–Crippen LogP) is 10.6. The van der Waals surface area contributed by atoms with Gasteiger partial charge in [0.1, 0.15) is 25.3 Å². The maximum atomic E-state index is 3.56. The summed E-state index contributed by atoms with van der Waals surface area (Å²) >= 11 is 0. The molecule has 0 saturated heterocycles. The van der Waals surface area contributed by atoms with Crippen molar-refractivity contribution in [1.29, 1.82) is 0 Å². The lowest BCUT2D eigenvalue weighted by atomic mass is 10.3. The quantitative estimate of drug-likeness (QED) is 0.147. The minimum Gasteiger partial charge on any atom is -0.266 e. The zero-order valence-corrected chi connectivity index (χ0v) is 32.5. The van der Waals surface area contributed by atoms with Gasteiger partial charge in [-0.3, -0.25) is 10.2 Å². The molecule has 4 aromatic rings. The Kier molecular flexibility index (Phi) is 112. The summed E-state index contributed by atoms with van der Waals surface area (Å²) in [4.78, 5) is 7.11. The topological polar surface area (TPSA) is 166 Å². The Hall–Kier alpha value is -3.44. The molecule has 0 aliphatic heterocycles. The number of nitrogens with one attached hydrogen (secondary N) is 4. The Morgan fingerprint density at radius 2 is 0.533 bits per heavy atom. The molecule has 0 atom stereocenters. The second-order valence-electron chi connectivity index (χ2n) is 9.54. The lowest BCUT2D eigenvalue weighted by molar-refractivity contribution is 0.736. The summed E-state index contributed by atoms with van der Waals surface area (Å²) in [6.07, 6.45) is 12.2. The first-order chi connectivity index (χ1) is 20.9. The van der Waals surface area contributed by atoms with Crippen molar-refractivity contribution in [2.45, 2.75) is 146 Å². The lowest BCUT2D eigenvalue weighted by Gasteiger charge is -1.79. The van der Waals surface area contributed by atoms with Gasteiger partial charge in [-0.05, 0) is 23.7 Å². The summed E-state index contributed by atoms with van der Waals surface area (Å²) in [5.41, 5.74) is 0. The molecule has 0 aliphatic carbocycles. The molecule has 0 fully saturated rings. The van der Waals surface area contributed by atoms with Crippen LogP contribution in [0.15, 0.2) is 50.1 Å². The van der Waals surface area contributed by atoms with Gasteiger partial charge in [0.05, 0.1) is 24.8 Å². The van der Waals surface area contributed by atoms with E-state index in [1.54, 1.807) is 24.8 Å². The Morgan fingerprint density at radius 1 is 0.356 bits per heavy atom. The van der Waals surface area contributed by atoms with Crippen LogP contribution < -0.4 is 0 Å². The summed E-state index contributed by atoms with van der Waals surface area (Å²) in [6, 6.07) is 0. The van der Waals surface area contributed by atoms with Crippen molar-refractivity contribution in [2.75, 3.05) is 0 Å². The largest absolute Gasteiger partial charge is 0.266 e. The number of H-pyrrole nitrogens is 4. The number of hydrogen-bond donors (Lipinski definition) is 4. The fourth-order valence-electron chi connectivity index (χ4n) is 0.667. The molecule has 0 amide bonds. The molecule has 272 valence electrons. The second kappa shape index (κ2) is 77.8. The van der Waals surface area contributed by atoms with Crippen LogP contribution in [0.3, 0.4) is 0 Å². The molecule has 0 bridgehead atoms. The highest BCUT2D eigenvalue weighted by Gasteiger charge is 1.69. The molecule has 4 N–H and O–H groups in total. The number of aromatic amines is 4. The maximum absolute atomic E-state index is 3.56. The molecule has 4 rings (SSSR count). The van der Waals surface area contributed by atoms with Gasteiger partial charge in [0, 0.05) is 0 Å². The molecule has 4 heterocycles. The van der Waals surface area contributed by atoms with Gasteiger partial charge in [0.25, 0.3) is 0 Å². The van der Waals surface area contributed by atoms with E-state index in [0.717, 1.165) is 23.7 Å². The molecular weight excluding hydrogens is 564 g/mol. The van der Waals surface area contributed by atoms with Crippen LogP contribution >= 0.6 is 0 Å². The van der Waals surface area contributed by atoms with Crippen molar-refractivity contribution >= 4 is 0 Å². The third kappa shape index (κ3) is 220. The van der Waals surface area contributed by atoms with Gasteiger partial charge in [-0.15, -0.1) is 0 Å². The molecule has 0 aliphatic rings. The molecule has 0 unspecified atom stereocenters. The van der Waals surface area contributed by atoms with Crippen LogP contribution in [-0.2, 0) is 0 Å². The van der Waals surface area contributed by atoms with E-state index in [0.29, 0.717) is 0 Å². The van der Waals surface area contributed by atoms with Crippen molar-refractivity contribution in [3.8, 4) is 0 Å². The van der Waals surface area contributed by atoms with Crippen LogP contribution in [0.25, 0.3) is 0 Å². The summed E-state index contributed by atoms with van der Waals surface area (Å²) in [5.74, 6) is 3.33. The molecule has 12 nitrogen and oxygen atoms in total. The molecule has 0 radical (unpaired) electrons. The number of hydrogen-bond acceptors (Lipinski definition) is 8. The van der Waals surface area contributed by atoms with Crippen molar-refractivity contribution < 1.29 is 0 Å². The van der Waals surface area contributed by atoms with E-state index >= 15 is 0 Å². The fourth-order valence-corrected chi connectivity index (χ4v) is 0.667. The second-order valence-corrected chi connectivity index (χ2v) is 9.54. The van der Waals surface area contributed by atoms with Gasteiger partial charge in [-0.25, -0.2) is 9.97 Å². The van der Waals surface area contributed by atoms with Crippen molar-refractivity contribution in [3.63, 3.8) is 0 Å². The van der Waals surface area contributed by atoms with E-state index in [4.69, 9.17) is 0 Å². The zero-order valence-electron chi connectivity index (χ0n) is 32.5. The molecular formula is C33H80N12. The van der Waals surface area contributed by atoms with Gasteiger partial charge < -0.3 is 0 Å². The summed E-state index contributed by atoms with van der Waals surface area (Å²) in [6.45, 7) is 42.0. The van der Waals surface area contributed by atoms with Gasteiger partial charge in [-0.2, -0.15) is 41.0 Å². The van der Waals surface area contributed by atoms with E-state index in [-0.39, 0.29) is 7.43 Å². The molecule has 12 heteroatoms. The highest BCUT2D eigenvalue weighted by Crippen LogP contribution is 1.82. The van der Waals surface area contributed by atoms with Crippen molar-refractivity contribution in [1.82, 2.24) is 61.2 Å². The third-order valence-electron chi connectivity index (χ3n) is 1.32.